The molecule has 3 nitrogen and oxygen atoms in total. The van der Waals surface area contributed by atoms with Crippen molar-refractivity contribution in [2.75, 3.05) is 6.61 Å². The van der Waals surface area contributed by atoms with Crippen LogP contribution in [0.2, 0.25) is 0 Å². The third-order valence-electron chi connectivity index (χ3n) is 5.19. The van der Waals surface area contributed by atoms with Crippen LogP contribution in [0.4, 0.5) is 4.79 Å². The van der Waals surface area contributed by atoms with Gasteiger partial charge in [-0.3, -0.25) is 9.69 Å². The van der Waals surface area contributed by atoms with Crippen molar-refractivity contribution in [1.29, 1.82) is 0 Å². The van der Waals surface area contributed by atoms with Crippen molar-refractivity contribution < 1.29 is 9.53 Å². The Labute approximate surface area is 167 Å². The molecule has 0 unspecified atom stereocenters. The van der Waals surface area contributed by atoms with Gasteiger partial charge in [0, 0.05) is 0 Å². The zero-order chi connectivity index (χ0) is 19.7. The van der Waals surface area contributed by atoms with Crippen molar-refractivity contribution in [2.24, 2.45) is 0 Å². The van der Waals surface area contributed by atoms with E-state index < -0.39 is 5.72 Å². The van der Waals surface area contributed by atoms with E-state index in [-0.39, 0.29) is 15.5 Å². The lowest BCUT2D eigenvalue weighted by Gasteiger charge is -2.40. The largest absolute Gasteiger partial charge is 0.354 e. The van der Waals surface area contributed by atoms with Gasteiger partial charge in [0.1, 0.15) is 5.72 Å². The first-order chi connectivity index (χ1) is 12.6. The Morgan fingerprint density at radius 1 is 1.04 bits per heavy atom. The molecule has 2 aromatic rings. The molecule has 1 aliphatic rings. The summed E-state index contributed by atoms with van der Waals surface area (Å²) in [6.45, 7) is 10.8. The summed E-state index contributed by atoms with van der Waals surface area (Å²) in [6.07, 6.45) is 0.782. The predicted molar refractivity (Wildman–Crippen MR) is 113 cm³/mol. The van der Waals surface area contributed by atoms with Crippen LogP contribution < -0.4 is 0 Å². The van der Waals surface area contributed by atoms with Crippen LogP contribution in [0.5, 0.6) is 0 Å². The lowest BCUT2D eigenvalue weighted by molar-refractivity contribution is -0.0298. The fourth-order valence-corrected chi connectivity index (χ4v) is 5.33. The van der Waals surface area contributed by atoms with E-state index in [0.29, 0.717) is 6.61 Å². The Morgan fingerprint density at radius 2 is 1.59 bits per heavy atom. The number of nitrogens with zero attached hydrogens (tertiary/aromatic N) is 1. The summed E-state index contributed by atoms with van der Waals surface area (Å²) in [4.78, 5) is 15.4. The highest BCUT2D eigenvalue weighted by Gasteiger charge is 2.50. The second kappa shape index (κ2) is 7.33. The molecular formula is C23H29NO2S. The van der Waals surface area contributed by atoms with E-state index in [1.165, 1.54) is 17.3 Å². The van der Waals surface area contributed by atoms with Gasteiger partial charge >= 0.3 is 0 Å². The molecule has 1 aliphatic heterocycles. The van der Waals surface area contributed by atoms with Crippen molar-refractivity contribution in [3.8, 4) is 0 Å². The van der Waals surface area contributed by atoms with Crippen LogP contribution in [0.25, 0.3) is 0 Å². The first kappa shape index (κ1) is 20.0. The molecule has 0 N–H and O–H groups in total. The van der Waals surface area contributed by atoms with Crippen LogP contribution in [0.3, 0.4) is 0 Å². The minimum Gasteiger partial charge on any atom is -0.354 e. The van der Waals surface area contributed by atoms with E-state index >= 15 is 0 Å². The van der Waals surface area contributed by atoms with Crippen LogP contribution in [0.1, 0.15) is 45.7 Å². The third kappa shape index (κ3) is 4.22. The van der Waals surface area contributed by atoms with Gasteiger partial charge < -0.3 is 4.74 Å². The molecule has 27 heavy (non-hydrogen) atoms. The molecule has 144 valence electrons. The Kier molecular flexibility index (Phi) is 5.42. The lowest BCUT2D eigenvalue weighted by atomic mass is 9.93. The molecule has 1 fully saturated rings. The Hall–Kier alpha value is -1.78. The normalized spacial score (nSPS) is 20.3. The number of carbonyl (C=O) groups excluding carboxylic acids is 1. The topological polar surface area (TPSA) is 29.5 Å². The summed E-state index contributed by atoms with van der Waals surface area (Å²) in [5.41, 5.74) is 1.46. The smallest absolute Gasteiger partial charge is 0.285 e. The first-order valence-electron chi connectivity index (χ1n) is 9.41. The molecule has 1 amide bonds. The number of amides is 1. The van der Waals surface area contributed by atoms with Crippen molar-refractivity contribution in [2.45, 2.75) is 57.1 Å². The molecule has 0 aromatic heterocycles. The molecule has 0 radical (unpaired) electrons. The Morgan fingerprint density at radius 3 is 2.11 bits per heavy atom. The molecular weight excluding hydrogens is 354 g/mol. The summed E-state index contributed by atoms with van der Waals surface area (Å²) >= 11 is 1.40. The standard InChI is InChI=1S/C23H29NO2S/c1-21(2)17-26-22(3,4)24(21)20(25)27-23(5,19-14-10-7-11-15-19)16-18-12-8-6-9-13-18/h6-15H,16-17H2,1-5H3/t23-/m1/s1. The molecule has 4 heteroatoms. The van der Waals surface area contributed by atoms with Crippen LogP contribution in [0, 0.1) is 0 Å². The Bertz CT molecular complexity index is 773. The summed E-state index contributed by atoms with van der Waals surface area (Å²) < 4.78 is 5.55. The van der Waals surface area contributed by atoms with Crippen molar-refractivity contribution in [1.82, 2.24) is 4.90 Å². The van der Waals surface area contributed by atoms with Crippen molar-refractivity contribution in [3.05, 3.63) is 71.8 Å². The van der Waals surface area contributed by atoms with Crippen LogP contribution in [-0.4, -0.2) is 28.0 Å². The van der Waals surface area contributed by atoms with Gasteiger partial charge in [-0.1, -0.05) is 72.4 Å². The molecule has 0 bridgehead atoms. The molecule has 0 spiro atoms. The summed E-state index contributed by atoms with van der Waals surface area (Å²) in [5, 5.41) is 0.0600. The van der Waals surface area contributed by atoms with Crippen molar-refractivity contribution >= 4 is 17.0 Å². The zero-order valence-corrected chi connectivity index (χ0v) is 17.7. The number of ether oxygens (including phenoxy) is 1. The second-order valence-corrected chi connectivity index (χ2v) is 9.96. The average molecular weight is 384 g/mol. The quantitative estimate of drug-likeness (QED) is 0.664. The molecule has 0 aliphatic carbocycles. The van der Waals surface area contributed by atoms with Gasteiger partial charge in [-0.25, -0.2) is 0 Å². The highest BCUT2D eigenvalue weighted by atomic mass is 32.2. The molecule has 0 saturated carbocycles. The second-order valence-electron chi connectivity index (χ2n) is 8.51. The van der Waals surface area contributed by atoms with Gasteiger partial charge in [-0.2, -0.15) is 0 Å². The lowest BCUT2D eigenvalue weighted by Crippen LogP contribution is -2.52. The van der Waals surface area contributed by atoms with Gasteiger partial charge in [0.2, 0.25) is 0 Å². The summed E-state index contributed by atoms with van der Waals surface area (Å²) in [6, 6.07) is 20.7. The molecule has 1 heterocycles. The van der Waals surface area contributed by atoms with Gasteiger partial charge in [0.15, 0.2) is 0 Å². The molecule has 1 saturated heterocycles. The molecule has 2 aromatic carbocycles. The first-order valence-corrected chi connectivity index (χ1v) is 10.2. The highest BCUT2D eigenvalue weighted by molar-refractivity contribution is 8.14. The molecule has 1 atom stereocenters. The minimum absolute atomic E-state index is 0.0600. The van der Waals surface area contributed by atoms with Crippen LogP contribution >= 0.6 is 11.8 Å². The maximum atomic E-state index is 13.5. The van der Waals surface area contributed by atoms with Crippen LogP contribution in [0.15, 0.2) is 60.7 Å². The van der Waals surface area contributed by atoms with E-state index in [1.807, 2.05) is 55.1 Å². The van der Waals surface area contributed by atoms with Gasteiger partial charge in [0.25, 0.3) is 5.24 Å². The fraction of sp³-hybridized carbons (Fsp3) is 0.435. The van der Waals surface area contributed by atoms with E-state index in [2.05, 4.69) is 45.0 Å². The number of benzene rings is 2. The van der Waals surface area contributed by atoms with Crippen molar-refractivity contribution in [3.63, 3.8) is 0 Å². The zero-order valence-electron chi connectivity index (χ0n) is 16.9. The van der Waals surface area contributed by atoms with Gasteiger partial charge in [-0.15, -0.1) is 0 Å². The number of hydrogen-bond acceptors (Lipinski definition) is 3. The van der Waals surface area contributed by atoms with E-state index in [1.54, 1.807) is 0 Å². The number of rotatable bonds is 4. The Balaban J connectivity index is 1.93. The van der Waals surface area contributed by atoms with E-state index in [9.17, 15) is 4.79 Å². The number of hydrogen-bond donors (Lipinski definition) is 0. The monoisotopic (exact) mass is 383 g/mol. The predicted octanol–water partition coefficient (Wildman–Crippen LogP) is 5.84. The maximum Gasteiger partial charge on any atom is 0.285 e. The SMILES string of the molecule is CC1(C)COC(C)(C)N1C(=O)S[C@](C)(Cc1ccccc1)c1ccccc1. The van der Waals surface area contributed by atoms with Gasteiger partial charge in [0.05, 0.1) is 16.9 Å². The van der Waals surface area contributed by atoms with E-state index in [4.69, 9.17) is 4.74 Å². The van der Waals surface area contributed by atoms with Gasteiger partial charge in [-0.05, 0) is 52.2 Å². The average Bonchev–Trinajstić information content (AvgIpc) is 2.84. The molecule has 3 rings (SSSR count). The fourth-order valence-electron chi connectivity index (χ4n) is 3.89. The van der Waals surface area contributed by atoms with E-state index in [0.717, 1.165) is 12.0 Å². The summed E-state index contributed by atoms with van der Waals surface area (Å²) in [7, 11) is 0. The number of carbonyl (C=O) groups is 1. The third-order valence-corrected chi connectivity index (χ3v) is 6.37. The summed E-state index contributed by atoms with van der Waals surface area (Å²) in [5.74, 6) is 0. The van der Waals surface area contributed by atoms with Crippen LogP contribution in [-0.2, 0) is 15.9 Å². The number of thioether (sulfide) groups is 1. The maximum absolute atomic E-state index is 13.5. The minimum atomic E-state index is -0.599. The highest BCUT2D eigenvalue weighted by Crippen LogP contribution is 2.45.